The van der Waals surface area contributed by atoms with Crippen LogP contribution in [0.5, 0.6) is 0 Å². The molecule has 5 heteroatoms. The predicted octanol–water partition coefficient (Wildman–Crippen LogP) is 0.781. The number of halogens is 1. The topological polar surface area (TPSA) is 72.6 Å². The average Bonchev–Trinajstić information content (AvgIpc) is 2.20. The molecule has 1 aliphatic carbocycles. The molecule has 2 heterocycles. The van der Waals surface area contributed by atoms with E-state index >= 15 is 0 Å². The summed E-state index contributed by atoms with van der Waals surface area (Å²) in [6.45, 7) is 1.14. The molecule has 2 saturated heterocycles. The van der Waals surface area contributed by atoms with E-state index in [1.165, 1.54) is 0 Å². The number of carbonyl (C=O) groups is 1. The molecule has 1 saturated carbocycles. The molecule has 2 bridgehead atoms. The van der Waals surface area contributed by atoms with Crippen LogP contribution in [0, 0.1) is 5.41 Å². The quantitative estimate of drug-likeness (QED) is 0.723. The highest BCUT2D eigenvalue weighted by atomic mass is 35.5. The molecule has 0 aromatic heterocycles. The van der Waals surface area contributed by atoms with Gasteiger partial charge in [-0.15, -0.1) is 12.4 Å². The Bertz CT molecular complexity index is 220. The summed E-state index contributed by atoms with van der Waals surface area (Å²) in [5, 5.41) is 9.01. The van der Waals surface area contributed by atoms with E-state index in [-0.39, 0.29) is 17.8 Å². The Balaban J connectivity index is 0.000000980. The molecule has 4 nitrogen and oxygen atoms in total. The first kappa shape index (κ1) is 11.8. The fourth-order valence-corrected chi connectivity index (χ4v) is 2.30. The first-order valence-corrected chi connectivity index (χ1v) is 4.70. The van der Waals surface area contributed by atoms with Crippen molar-refractivity contribution in [1.82, 2.24) is 0 Å². The summed E-state index contributed by atoms with van der Waals surface area (Å²) < 4.78 is 5.44. The first-order chi connectivity index (χ1) is 6.13. The Kier molecular flexibility index (Phi) is 3.09. The molecule has 3 rings (SSSR count). The zero-order valence-electron chi connectivity index (χ0n) is 7.99. The third-order valence-corrected chi connectivity index (χ3v) is 3.60. The summed E-state index contributed by atoms with van der Waals surface area (Å²) in [5.41, 5.74) is 4.87. The summed E-state index contributed by atoms with van der Waals surface area (Å²) in [4.78, 5) is 11.0. The number of fused-ring (bicyclic) bond motifs is 3. The largest absolute Gasteiger partial charge is 0.479 e. The second-order valence-electron chi connectivity index (χ2n) is 4.29. The van der Waals surface area contributed by atoms with Crippen molar-refractivity contribution in [2.45, 2.75) is 31.3 Å². The molecule has 3 N–H and O–H groups in total. The third kappa shape index (κ3) is 1.51. The Morgan fingerprint density at radius 2 is 1.93 bits per heavy atom. The number of hydrogen-bond acceptors (Lipinski definition) is 3. The monoisotopic (exact) mass is 221 g/mol. The molecule has 0 radical (unpaired) electrons. The molecule has 3 aliphatic rings. The summed E-state index contributed by atoms with van der Waals surface area (Å²) in [6.07, 6.45) is 3.05. The maximum absolute atomic E-state index is 11.0. The summed E-state index contributed by atoms with van der Waals surface area (Å²) in [7, 11) is 0. The molecule has 0 aromatic rings. The SMILES string of the molecule is Cl.NCC12CCC(C(=O)O)(CC1)OC2. The molecule has 0 aromatic carbocycles. The molecule has 0 unspecified atom stereocenters. The van der Waals surface area contributed by atoms with Crippen LogP contribution in [-0.2, 0) is 9.53 Å². The molecule has 0 atom stereocenters. The van der Waals surface area contributed by atoms with Gasteiger partial charge in [0.25, 0.3) is 0 Å². The zero-order valence-corrected chi connectivity index (χ0v) is 8.81. The van der Waals surface area contributed by atoms with Gasteiger partial charge >= 0.3 is 5.97 Å². The minimum Gasteiger partial charge on any atom is -0.479 e. The standard InChI is InChI=1S/C9H15NO3.ClH/c10-5-8-1-3-9(4-2-8,7(11)12)13-6-8;/h1-6,10H2,(H,11,12);1H. The van der Waals surface area contributed by atoms with E-state index in [0.717, 1.165) is 12.8 Å². The maximum atomic E-state index is 11.0. The van der Waals surface area contributed by atoms with E-state index in [2.05, 4.69) is 0 Å². The molecule has 0 spiro atoms. The maximum Gasteiger partial charge on any atom is 0.335 e. The zero-order chi connectivity index (χ0) is 9.53. The van der Waals surface area contributed by atoms with Crippen LogP contribution in [0.15, 0.2) is 0 Å². The van der Waals surface area contributed by atoms with E-state index in [4.69, 9.17) is 15.6 Å². The summed E-state index contributed by atoms with van der Waals surface area (Å²) >= 11 is 0. The van der Waals surface area contributed by atoms with Gasteiger partial charge in [-0.1, -0.05) is 0 Å². The van der Waals surface area contributed by atoms with E-state index in [0.29, 0.717) is 26.0 Å². The molecule has 82 valence electrons. The van der Waals surface area contributed by atoms with Gasteiger partial charge in [-0.05, 0) is 25.7 Å². The van der Waals surface area contributed by atoms with E-state index in [1.54, 1.807) is 0 Å². The van der Waals surface area contributed by atoms with Crippen molar-refractivity contribution in [2.24, 2.45) is 11.1 Å². The molecule has 2 aliphatic heterocycles. The van der Waals surface area contributed by atoms with Gasteiger partial charge in [-0.3, -0.25) is 0 Å². The molecule has 14 heavy (non-hydrogen) atoms. The minimum absolute atomic E-state index is 0. The average molecular weight is 222 g/mol. The molecular formula is C9H16ClNO3. The van der Waals surface area contributed by atoms with Gasteiger partial charge in [-0.25, -0.2) is 4.79 Å². The van der Waals surface area contributed by atoms with Gasteiger partial charge < -0.3 is 15.6 Å². The predicted molar refractivity (Wildman–Crippen MR) is 53.5 cm³/mol. The van der Waals surface area contributed by atoms with E-state index < -0.39 is 11.6 Å². The lowest BCUT2D eigenvalue weighted by atomic mass is 9.66. The van der Waals surface area contributed by atoms with Crippen molar-refractivity contribution < 1.29 is 14.6 Å². The van der Waals surface area contributed by atoms with Crippen LogP contribution in [0.2, 0.25) is 0 Å². The second-order valence-corrected chi connectivity index (χ2v) is 4.29. The lowest BCUT2D eigenvalue weighted by Crippen LogP contribution is -2.57. The number of rotatable bonds is 2. The molecule has 0 amide bonds. The number of hydrogen-bond donors (Lipinski definition) is 2. The highest BCUT2D eigenvalue weighted by Crippen LogP contribution is 2.48. The number of ether oxygens (including phenoxy) is 1. The van der Waals surface area contributed by atoms with Crippen LogP contribution in [0.4, 0.5) is 0 Å². The fraction of sp³-hybridized carbons (Fsp3) is 0.889. The second kappa shape index (κ2) is 3.68. The third-order valence-electron chi connectivity index (χ3n) is 3.60. The lowest BCUT2D eigenvalue weighted by Gasteiger charge is -2.50. The fourth-order valence-electron chi connectivity index (χ4n) is 2.30. The van der Waals surface area contributed by atoms with Gasteiger partial charge in [0.05, 0.1) is 6.61 Å². The van der Waals surface area contributed by atoms with E-state index in [9.17, 15) is 4.79 Å². The van der Waals surface area contributed by atoms with E-state index in [1.807, 2.05) is 0 Å². The van der Waals surface area contributed by atoms with Gasteiger partial charge in [0.1, 0.15) is 0 Å². The summed E-state index contributed by atoms with van der Waals surface area (Å²) in [5.74, 6) is -0.808. The molecule has 3 fully saturated rings. The Labute approximate surface area is 89.2 Å². The van der Waals surface area contributed by atoms with Crippen LogP contribution in [0.1, 0.15) is 25.7 Å². The van der Waals surface area contributed by atoms with Crippen molar-refractivity contribution in [3.05, 3.63) is 0 Å². The van der Waals surface area contributed by atoms with Gasteiger partial charge in [0.2, 0.25) is 0 Å². The van der Waals surface area contributed by atoms with Crippen molar-refractivity contribution in [2.75, 3.05) is 13.2 Å². The van der Waals surface area contributed by atoms with Crippen LogP contribution >= 0.6 is 12.4 Å². The van der Waals surface area contributed by atoms with Crippen molar-refractivity contribution >= 4 is 18.4 Å². The number of nitrogens with two attached hydrogens (primary N) is 1. The van der Waals surface area contributed by atoms with Crippen LogP contribution in [0.3, 0.4) is 0 Å². The Hall–Kier alpha value is -0.320. The van der Waals surface area contributed by atoms with Gasteiger partial charge in [0, 0.05) is 12.0 Å². The number of aliphatic carboxylic acids is 1. The van der Waals surface area contributed by atoms with Gasteiger partial charge in [0.15, 0.2) is 5.60 Å². The minimum atomic E-state index is -0.878. The van der Waals surface area contributed by atoms with Gasteiger partial charge in [-0.2, -0.15) is 0 Å². The number of carboxylic acids is 1. The van der Waals surface area contributed by atoms with Crippen molar-refractivity contribution in [3.63, 3.8) is 0 Å². The smallest absolute Gasteiger partial charge is 0.335 e. The van der Waals surface area contributed by atoms with Crippen molar-refractivity contribution in [3.8, 4) is 0 Å². The lowest BCUT2D eigenvalue weighted by molar-refractivity contribution is -0.205. The summed E-state index contributed by atoms with van der Waals surface area (Å²) in [6, 6.07) is 0. The first-order valence-electron chi connectivity index (χ1n) is 4.70. The Morgan fingerprint density at radius 3 is 2.21 bits per heavy atom. The Morgan fingerprint density at radius 1 is 1.36 bits per heavy atom. The normalized spacial score (nSPS) is 40.4. The van der Waals surface area contributed by atoms with Crippen molar-refractivity contribution in [1.29, 1.82) is 0 Å². The van der Waals surface area contributed by atoms with Crippen LogP contribution in [0.25, 0.3) is 0 Å². The highest BCUT2D eigenvalue weighted by molar-refractivity contribution is 5.85. The molecular weight excluding hydrogens is 206 g/mol. The highest BCUT2D eigenvalue weighted by Gasteiger charge is 2.53. The van der Waals surface area contributed by atoms with Crippen LogP contribution in [-0.4, -0.2) is 29.8 Å². The number of carboxylic acid groups (broad SMARTS) is 1. The van der Waals surface area contributed by atoms with Crippen LogP contribution < -0.4 is 5.73 Å².